The largest absolute Gasteiger partial charge is 0.495 e. The van der Waals surface area contributed by atoms with E-state index in [2.05, 4.69) is 37.2 Å². The normalized spacial score (nSPS) is 11.5. The molecule has 0 atom stereocenters. The van der Waals surface area contributed by atoms with Crippen molar-refractivity contribution in [3.63, 3.8) is 0 Å². The first-order valence-electron chi connectivity index (χ1n) is 9.35. The van der Waals surface area contributed by atoms with E-state index >= 15 is 0 Å². The van der Waals surface area contributed by atoms with Gasteiger partial charge in [-0.3, -0.25) is 4.79 Å². The SMILES string of the molecule is COc1c(Br)cc(Br)cc1C(=O)Nc1cc(C(F)(F)F)ccc1N(C)CCCN(C)C. The van der Waals surface area contributed by atoms with Gasteiger partial charge in [-0.2, -0.15) is 13.2 Å². The Kier molecular flexibility index (Phi) is 8.79. The molecule has 0 unspecified atom stereocenters. The molecular weight excluding hydrogens is 543 g/mol. The first-order chi connectivity index (χ1) is 14.4. The van der Waals surface area contributed by atoms with E-state index in [0.717, 1.165) is 25.1 Å². The van der Waals surface area contributed by atoms with Crippen LogP contribution in [0, 0.1) is 0 Å². The predicted octanol–water partition coefficient (Wildman–Crippen LogP) is 5.88. The number of carbonyl (C=O) groups is 1. The number of amides is 1. The zero-order valence-electron chi connectivity index (χ0n) is 17.6. The first kappa shape index (κ1) is 25.5. The molecule has 1 N–H and O–H groups in total. The zero-order valence-corrected chi connectivity index (χ0v) is 20.8. The van der Waals surface area contributed by atoms with E-state index < -0.39 is 17.6 Å². The van der Waals surface area contributed by atoms with Crippen LogP contribution >= 0.6 is 31.9 Å². The Morgan fingerprint density at radius 1 is 1.10 bits per heavy atom. The molecule has 0 saturated heterocycles. The Hall–Kier alpha value is -1.78. The average molecular weight is 567 g/mol. The third-order valence-corrected chi connectivity index (χ3v) is 5.59. The molecule has 0 aromatic heterocycles. The van der Waals surface area contributed by atoms with Crippen molar-refractivity contribution in [2.45, 2.75) is 12.6 Å². The van der Waals surface area contributed by atoms with Crippen LogP contribution in [0.5, 0.6) is 5.75 Å². The molecule has 0 spiro atoms. The van der Waals surface area contributed by atoms with Gasteiger partial charge in [0.25, 0.3) is 5.91 Å². The van der Waals surface area contributed by atoms with Crippen molar-refractivity contribution in [3.05, 3.63) is 50.4 Å². The second-order valence-corrected chi connectivity index (χ2v) is 9.00. The van der Waals surface area contributed by atoms with Gasteiger partial charge in [-0.05, 0) is 73.3 Å². The van der Waals surface area contributed by atoms with E-state index in [-0.39, 0.29) is 17.0 Å². The van der Waals surface area contributed by atoms with Crippen LogP contribution in [0.3, 0.4) is 0 Å². The monoisotopic (exact) mass is 565 g/mol. The highest BCUT2D eigenvalue weighted by atomic mass is 79.9. The third kappa shape index (κ3) is 6.85. The fourth-order valence-electron chi connectivity index (χ4n) is 3.02. The fraction of sp³-hybridized carbons (Fsp3) is 0.381. The molecule has 0 heterocycles. The van der Waals surface area contributed by atoms with Crippen LogP contribution < -0.4 is 15.0 Å². The number of anilines is 2. The topological polar surface area (TPSA) is 44.8 Å². The summed E-state index contributed by atoms with van der Waals surface area (Å²) in [5.41, 5.74) is -0.0866. The van der Waals surface area contributed by atoms with Crippen LogP contribution in [0.25, 0.3) is 0 Å². The number of alkyl halides is 3. The lowest BCUT2D eigenvalue weighted by Gasteiger charge is -2.24. The van der Waals surface area contributed by atoms with Gasteiger partial charge in [-0.25, -0.2) is 0 Å². The molecule has 0 saturated carbocycles. The van der Waals surface area contributed by atoms with Gasteiger partial charge in [0.15, 0.2) is 0 Å². The number of nitrogens with one attached hydrogen (secondary N) is 1. The molecule has 170 valence electrons. The number of halogens is 5. The number of carbonyl (C=O) groups excluding carboxylic acids is 1. The standard InChI is InChI=1S/C21H24Br2F3N3O2/c1-28(2)8-5-9-29(3)18-7-6-13(21(24,25)26)10-17(18)27-20(30)15-11-14(22)12-16(23)19(15)31-4/h6-7,10-12H,5,8-9H2,1-4H3,(H,27,30). The number of methoxy groups -OCH3 is 1. The molecule has 0 aliphatic heterocycles. The quantitative estimate of drug-likeness (QED) is 0.433. The summed E-state index contributed by atoms with van der Waals surface area (Å²) in [4.78, 5) is 16.9. The van der Waals surface area contributed by atoms with Gasteiger partial charge in [-0.1, -0.05) is 15.9 Å². The minimum Gasteiger partial charge on any atom is -0.495 e. The molecule has 0 aliphatic rings. The Balaban J connectivity index is 2.42. The molecule has 2 aromatic rings. The van der Waals surface area contributed by atoms with Crippen molar-refractivity contribution in [3.8, 4) is 5.75 Å². The van der Waals surface area contributed by atoms with E-state index in [1.54, 1.807) is 19.2 Å². The maximum Gasteiger partial charge on any atom is 0.416 e. The molecule has 0 radical (unpaired) electrons. The zero-order chi connectivity index (χ0) is 23.3. The number of hydrogen-bond donors (Lipinski definition) is 1. The Bertz CT molecular complexity index is 937. The maximum atomic E-state index is 13.3. The Labute approximate surface area is 196 Å². The summed E-state index contributed by atoms with van der Waals surface area (Å²) in [5.74, 6) is -0.297. The lowest BCUT2D eigenvalue weighted by molar-refractivity contribution is -0.137. The highest BCUT2D eigenvalue weighted by Crippen LogP contribution is 2.37. The van der Waals surface area contributed by atoms with E-state index in [1.165, 1.54) is 13.2 Å². The summed E-state index contributed by atoms with van der Waals surface area (Å²) in [6, 6.07) is 6.61. The lowest BCUT2D eigenvalue weighted by atomic mass is 10.1. The minimum absolute atomic E-state index is 0.0744. The number of nitrogens with zero attached hydrogens (tertiary/aromatic N) is 2. The highest BCUT2D eigenvalue weighted by molar-refractivity contribution is 9.11. The molecule has 0 bridgehead atoms. The molecule has 2 aromatic carbocycles. The third-order valence-electron chi connectivity index (χ3n) is 4.54. The van der Waals surface area contributed by atoms with Gasteiger partial charge in [0.1, 0.15) is 5.75 Å². The number of hydrogen-bond acceptors (Lipinski definition) is 4. The molecule has 0 aliphatic carbocycles. The van der Waals surface area contributed by atoms with Crippen LogP contribution in [-0.2, 0) is 6.18 Å². The van der Waals surface area contributed by atoms with Crippen LogP contribution in [-0.4, -0.2) is 52.1 Å². The smallest absolute Gasteiger partial charge is 0.416 e. The van der Waals surface area contributed by atoms with Crippen LogP contribution in [0.4, 0.5) is 24.5 Å². The summed E-state index contributed by atoms with van der Waals surface area (Å²) in [6.45, 7) is 1.44. The van der Waals surface area contributed by atoms with E-state index in [4.69, 9.17) is 4.74 Å². The second-order valence-electron chi connectivity index (χ2n) is 7.23. The van der Waals surface area contributed by atoms with Gasteiger partial charge < -0.3 is 19.9 Å². The van der Waals surface area contributed by atoms with Crippen LogP contribution in [0.15, 0.2) is 39.3 Å². The second kappa shape index (κ2) is 10.7. The Morgan fingerprint density at radius 3 is 2.35 bits per heavy atom. The number of benzene rings is 2. The highest BCUT2D eigenvalue weighted by Gasteiger charge is 2.31. The van der Waals surface area contributed by atoms with Crippen molar-refractivity contribution in [2.75, 3.05) is 51.6 Å². The summed E-state index contributed by atoms with van der Waals surface area (Å²) < 4.78 is 46.4. The molecule has 2 rings (SSSR count). The van der Waals surface area contributed by atoms with Crippen molar-refractivity contribution in [1.29, 1.82) is 0 Å². The van der Waals surface area contributed by atoms with Crippen LogP contribution in [0.1, 0.15) is 22.3 Å². The molecule has 10 heteroatoms. The summed E-state index contributed by atoms with van der Waals surface area (Å²) >= 11 is 6.65. The molecule has 31 heavy (non-hydrogen) atoms. The van der Waals surface area contributed by atoms with Gasteiger partial charge in [0, 0.05) is 18.1 Å². The molecular formula is C21H24Br2F3N3O2. The maximum absolute atomic E-state index is 13.3. The Morgan fingerprint density at radius 2 is 1.77 bits per heavy atom. The lowest BCUT2D eigenvalue weighted by Crippen LogP contribution is -2.25. The molecule has 1 amide bonds. The van der Waals surface area contributed by atoms with E-state index in [9.17, 15) is 18.0 Å². The van der Waals surface area contributed by atoms with Gasteiger partial charge in [0.05, 0.1) is 34.1 Å². The van der Waals surface area contributed by atoms with E-state index in [0.29, 0.717) is 21.2 Å². The van der Waals surface area contributed by atoms with Gasteiger partial charge in [-0.15, -0.1) is 0 Å². The number of ether oxygens (including phenoxy) is 1. The van der Waals surface area contributed by atoms with Crippen LogP contribution in [0.2, 0.25) is 0 Å². The summed E-state index contributed by atoms with van der Waals surface area (Å²) in [6.07, 6.45) is -3.72. The molecule has 5 nitrogen and oxygen atoms in total. The summed E-state index contributed by atoms with van der Waals surface area (Å²) in [7, 11) is 7.10. The van der Waals surface area contributed by atoms with Gasteiger partial charge >= 0.3 is 6.18 Å². The minimum atomic E-state index is -4.53. The van der Waals surface area contributed by atoms with Crippen molar-refractivity contribution in [1.82, 2.24) is 4.90 Å². The van der Waals surface area contributed by atoms with Crippen molar-refractivity contribution < 1.29 is 22.7 Å². The van der Waals surface area contributed by atoms with Gasteiger partial charge in [0.2, 0.25) is 0 Å². The van der Waals surface area contributed by atoms with Crippen molar-refractivity contribution >= 4 is 49.1 Å². The fourth-order valence-corrected chi connectivity index (χ4v) is 4.40. The number of rotatable bonds is 8. The first-order valence-corrected chi connectivity index (χ1v) is 10.9. The average Bonchev–Trinajstić information content (AvgIpc) is 2.66. The van der Waals surface area contributed by atoms with E-state index in [1.807, 2.05) is 23.9 Å². The van der Waals surface area contributed by atoms with Crippen molar-refractivity contribution in [2.24, 2.45) is 0 Å². The summed E-state index contributed by atoms with van der Waals surface area (Å²) in [5, 5.41) is 2.64. The molecule has 0 fully saturated rings. The predicted molar refractivity (Wildman–Crippen MR) is 124 cm³/mol.